The third kappa shape index (κ3) is 4.22. The molecule has 0 bridgehead atoms. The summed E-state index contributed by atoms with van der Waals surface area (Å²) >= 11 is 0. The minimum Gasteiger partial charge on any atom is -0.368 e. The van der Waals surface area contributed by atoms with Crippen LogP contribution < -0.4 is 10.6 Å². The fourth-order valence-electron chi connectivity index (χ4n) is 3.69. The van der Waals surface area contributed by atoms with Crippen LogP contribution in [-0.2, 0) is 20.9 Å². The lowest BCUT2D eigenvalue weighted by Crippen LogP contribution is -2.27. The van der Waals surface area contributed by atoms with Crippen molar-refractivity contribution in [2.45, 2.75) is 37.8 Å². The van der Waals surface area contributed by atoms with Crippen molar-refractivity contribution in [2.24, 2.45) is 5.92 Å². The molecule has 2 amide bonds. The Morgan fingerprint density at radius 3 is 2.75 bits per heavy atom. The van der Waals surface area contributed by atoms with E-state index in [0.29, 0.717) is 30.8 Å². The molecule has 3 unspecified atom stereocenters. The van der Waals surface area contributed by atoms with E-state index in [1.807, 2.05) is 24.3 Å². The molecule has 2 aromatic rings. The van der Waals surface area contributed by atoms with E-state index in [1.165, 1.54) is 6.07 Å². The summed E-state index contributed by atoms with van der Waals surface area (Å²) in [6.45, 7) is 0.988. The second kappa shape index (κ2) is 8.10. The highest BCUT2D eigenvalue weighted by Crippen LogP contribution is 2.48. The largest absolute Gasteiger partial charge is 0.368 e. The minimum atomic E-state index is -0.381. The highest BCUT2D eigenvalue weighted by molar-refractivity contribution is 5.94. The average molecular weight is 382 g/mol. The van der Waals surface area contributed by atoms with Crippen LogP contribution in [0.1, 0.15) is 36.3 Å². The molecular weight excluding hydrogens is 359 g/mol. The Balaban J connectivity index is 1.30. The molecule has 28 heavy (non-hydrogen) atoms. The number of hydrogen-bond acceptors (Lipinski definition) is 3. The van der Waals surface area contributed by atoms with Gasteiger partial charge in [-0.3, -0.25) is 9.59 Å². The Morgan fingerprint density at radius 2 is 1.96 bits per heavy atom. The van der Waals surface area contributed by atoms with Gasteiger partial charge in [-0.15, -0.1) is 0 Å². The lowest BCUT2D eigenvalue weighted by molar-refractivity contribution is -0.124. The second-order valence-corrected chi connectivity index (χ2v) is 7.38. The fraction of sp³-hybridized carbons (Fsp3) is 0.364. The number of hydrogen-bond donors (Lipinski definition) is 2. The highest BCUT2D eigenvalue weighted by atomic mass is 19.1. The van der Waals surface area contributed by atoms with Crippen LogP contribution >= 0.6 is 0 Å². The number of rotatable bonds is 6. The fourth-order valence-corrected chi connectivity index (χ4v) is 3.69. The van der Waals surface area contributed by atoms with Gasteiger partial charge in [-0.05, 0) is 54.5 Å². The summed E-state index contributed by atoms with van der Waals surface area (Å²) in [6.07, 6.45) is 1.93. The standard InChI is InChI=1S/C22H23FN2O3/c23-19-8-2-1-7-16(19)17-12-18(17)21(26)24-13-14-5-3-6-15(11-14)25-22(27)20-9-4-10-28-20/h1-3,5-8,11,17-18,20H,4,9-10,12-13H2,(H,24,26)(H,25,27). The monoisotopic (exact) mass is 382 g/mol. The lowest BCUT2D eigenvalue weighted by Gasteiger charge is -2.12. The van der Waals surface area contributed by atoms with Crippen molar-refractivity contribution < 1.29 is 18.7 Å². The Labute approximate surface area is 163 Å². The number of ether oxygens (including phenoxy) is 1. The molecule has 0 aromatic heterocycles. The summed E-state index contributed by atoms with van der Waals surface area (Å²) in [5, 5.41) is 5.78. The summed E-state index contributed by atoms with van der Waals surface area (Å²) in [7, 11) is 0. The molecule has 1 saturated carbocycles. The molecule has 2 N–H and O–H groups in total. The van der Waals surface area contributed by atoms with Crippen LogP contribution in [0.3, 0.4) is 0 Å². The van der Waals surface area contributed by atoms with Crippen LogP contribution in [0.4, 0.5) is 10.1 Å². The third-order valence-corrected chi connectivity index (χ3v) is 5.32. The van der Waals surface area contributed by atoms with Crippen molar-refractivity contribution >= 4 is 17.5 Å². The van der Waals surface area contributed by atoms with Crippen LogP contribution in [0.25, 0.3) is 0 Å². The maximum atomic E-state index is 13.9. The smallest absolute Gasteiger partial charge is 0.253 e. The van der Waals surface area contributed by atoms with Gasteiger partial charge in [0, 0.05) is 24.8 Å². The predicted molar refractivity (Wildman–Crippen MR) is 103 cm³/mol. The number of carbonyl (C=O) groups excluding carboxylic acids is 2. The van der Waals surface area contributed by atoms with E-state index < -0.39 is 0 Å². The first-order valence-electron chi connectivity index (χ1n) is 9.65. The van der Waals surface area contributed by atoms with Crippen LogP contribution in [-0.4, -0.2) is 24.5 Å². The summed E-state index contributed by atoms with van der Waals surface area (Å²) in [5.74, 6) is -0.679. The van der Waals surface area contributed by atoms with Gasteiger partial charge in [-0.1, -0.05) is 30.3 Å². The number of carbonyl (C=O) groups is 2. The number of benzene rings is 2. The normalized spacial score (nSPS) is 23.2. The van der Waals surface area contributed by atoms with Gasteiger partial charge in [-0.25, -0.2) is 4.39 Å². The molecule has 4 rings (SSSR count). The van der Waals surface area contributed by atoms with Gasteiger partial charge in [-0.2, -0.15) is 0 Å². The van der Waals surface area contributed by atoms with Crippen molar-refractivity contribution in [1.82, 2.24) is 5.32 Å². The summed E-state index contributed by atoms with van der Waals surface area (Å²) in [6, 6.07) is 14.0. The van der Waals surface area contributed by atoms with Crippen molar-refractivity contribution in [3.63, 3.8) is 0 Å². The summed E-state index contributed by atoms with van der Waals surface area (Å²) in [5.41, 5.74) is 2.19. The maximum Gasteiger partial charge on any atom is 0.253 e. The molecule has 2 fully saturated rings. The quantitative estimate of drug-likeness (QED) is 0.805. The number of nitrogens with one attached hydrogen (secondary N) is 2. The SMILES string of the molecule is O=C(Nc1cccc(CNC(=O)C2CC2c2ccccc2F)c1)C1CCCO1. The van der Waals surface area contributed by atoms with Gasteiger partial charge in [0.1, 0.15) is 11.9 Å². The average Bonchev–Trinajstić information content (AvgIpc) is 3.29. The molecule has 1 aliphatic heterocycles. The van der Waals surface area contributed by atoms with Gasteiger partial charge >= 0.3 is 0 Å². The first-order valence-corrected chi connectivity index (χ1v) is 9.65. The Hall–Kier alpha value is -2.73. The maximum absolute atomic E-state index is 13.9. The van der Waals surface area contributed by atoms with Gasteiger partial charge in [0.2, 0.25) is 5.91 Å². The van der Waals surface area contributed by atoms with E-state index in [-0.39, 0.29) is 35.6 Å². The molecule has 5 nitrogen and oxygen atoms in total. The summed E-state index contributed by atoms with van der Waals surface area (Å²) < 4.78 is 19.2. The molecule has 2 aliphatic rings. The Bertz CT molecular complexity index is 880. The zero-order chi connectivity index (χ0) is 19.5. The van der Waals surface area contributed by atoms with Gasteiger partial charge in [0.25, 0.3) is 5.91 Å². The second-order valence-electron chi connectivity index (χ2n) is 7.38. The van der Waals surface area contributed by atoms with E-state index in [2.05, 4.69) is 10.6 Å². The zero-order valence-electron chi connectivity index (χ0n) is 15.5. The molecule has 1 heterocycles. The number of anilines is 1. The first-order chi connectivity index (χ1) is 13.6. The molecule has 146 valence electrons. The van der Waals surface area contributed by atoms with Crippen LogP contribution in [0.15, 0.2) is 48.5 Å². The molecule has 6 heteroatoms. The first kappa shape index (κ1) is 18.6. The molecular formula is C22H23FN2O3. The van der Waals surface area contributed by atoms with Gasteiger partial charge in [0.15, 0.2) is 0 Å². The molecule has 1 saturated heterocycles. The van der Waals surface area contributed by atoms with Crippen LogP contribution in [0.5, 0.6) is 0 Å². The lowest BCUT2D eigenvalue weighted by atomic mass is 10.1. The molecule has 1 aliphatic carbocycles. The van der Waals surface area contributed by atoms with E-state index in [4.69, 9.17) is 4.74 Å². The van der Waals surface area contributed by atoms with Crippen LogP contribution in [0.2, 0.25) is 0 Å². The predicted octanol–water partition coefficient (Wildman–Crippen LogP) is 3.36. The van der Waals surface area contributed by atoms with Crippen molar-refractivity contribution in [3.8, 4) is 0 Å². The van der Waals surface area contributed by atoms with Crippen molar-refractivity contribution in [3.05, 3.63) is 65.5 Å². The van der Waals surface area contributed by atoms with E-state index in [0.717, 1.165) is 18.4 Å². The number of amides is 2. The highest BCUT2D eigenvalue weighted by Gasteiger charge is 2.44. The summed E-state index contributed by atoms with van der Waals surface area (Å²) in [4.78, 5) is 24.5. The Morgan fingerprint density at radius 1 is 1.11 bits per heavy atom. The minimum absolute atomic E-state index is 0.0433. The Kier molecular flexibility index (Phi) is 5.39. The van der Waals surface area contributed by atoms with Crippen molar-refractivity contribution in [2.75, 3.05) is 11.9 Å². The van der Waals surface area contributed by atoms with Gasteiger partial charge < -0.3 is 15.4 Å². The van der Waals surface area contributed by atoms with E-state index in [9.17, 15) is 14.0 Å². The topological polar surface area (TPSA) is 67.4 Å². The molecule has 2 aromatic carbocycles. The third-order valence-electron chi connectivity index (χ3n) is 5.32. The zero-order valence-corrected chi connectivity index (χ0v) is 15.5. The molecule has 3 atom stereocenters. The van der Waals surface area contributed by atoms with Crippen LogP contribution in [0, 0.1) is 11.7 Å². The number of halogens is 1. The van der Waals surface area contributed by atoms with E-state index in [1.54, 1.807) is 18.2 Å². The van der Waals surface area contributed by atoms with Gasteiger partial charge in [0.05, 0.1) is 0 Å². The van der Waals surface area contributed by atoms with E-state index >= 15 is 0 Å². The molecule has 0 spiro atoms. The van der Waals surface area contributed by atoms with Crippen molar-refractivity contribution in [1.29, 1.82) is 0 Å². The molecule has 0 radical (unpaired) electrons.